The van der Waals surface area contributed by atoms with E-state index >= 15 is 0 Å². The average Bonchev–Trinajstić information content (AvgIpc) is 3.27. The van der Waals surface area contributed by atoms with Crippen LogP contribution in [-0.2, 0) is 21.4 Å². The number of amides is 1. The molecule has 1 aromatic carbocycles. The van der Waals surface area contributed by atoms with Gasteiger partial charge in [0.2, 0.25) is 5.91 Å². The molecule has 0 saturated carbocycles. The van der Waals surface area contributed by atoms with Crippen molar-refractivity contribution in [1.29, 1.82) is 0 Å². The largest absolute Gasteiger partial charge is 0.464 e. The lowest BCUT2D eigenvalue weighted by atomic mass is 10.1. The molecule has 0 aliphatic carbocycles. The summed E-state index contributed by atoms with van der Waals surface area (Å²) in [5.41, 5.74) is 1.85. The lowest BCUT2D eigenvalue weighted by Gasteiger charge is -2.13. The summed E-state index contributed by atoms with van der Waals surface area (Å²) in [4.78, 5) is 11.3. The lowest BCUT2D eigenvalue weighted by Crippen LogP contribution is -2.19. The standard InChI is InChI=1S/C17H16N2O4S2/c1-12(20)18-10-13-4-5-16(15(9-13)17-3-2-7-23-17)19-25(21,22)14-6-8-24-11-14/h2-9,11,19H,10H2,1H3,(H,18,20). The van der Waals surface area contributed by atoms with E-state index in [0.29, 0.717) is 23.6 Å². The van der Waals surface area contributed by atoms with Crippen molar-refractivity contribution in [1.82, 2.24) is 5.32 Å². The minimum atomic E-state index is -3.67. The highest BCUT2D eigenvalue weighted by molar-refractivity contribution is 7.92. The van der Waals surface area contributed by atoms with E-state index in [4.69, 9.17) is 4.42 Å². The molecule has 0 radical (unpaired) electrons. The summed E-state index contributed by atoms with van der Waals surface area (Å²) >= 11 is 1.31. The average molecular weight is 376 g/mol. The number of carbonyl (C=O) groups excluding carboxylic acids is 1. The first-order chi connectivity index (χ1) is 12.0. The number of hydrogen-bond acceptors (Lipinski definition) is 5. The first-order valence-electron chi connectivity index (χ1n) is 7.42. The molecular weight excluding hydrogens is 360 g/mol. The maximum atomic E-state index is 12.5. The predicted molar refractivity (Wildman–Crippen MR) is 96.8 cm³/mol. The number of hydrogen-bond donors (Lipinski definition) is 2. The van der Waals surface area contributed by atoms with Crippen LogP contribution in [0.2, 0.25) is 0 Å². The number of anilines is 1. The summed E-state index contributed by atoms with van der Waals surface area (Å²) in [5.74, 6) is 0.398. The Labute approximate surface area is 149 Å². The molecular formula is C17H16N2O4S2. The van der Waals surface area contributed by atoms with Gasteiger partial charge in [-0.1, -0.05) is 6.07 Å². The van der Waals surface area contributed by atoms with Crippen LogP contribution in [-0.4, -0.2) is 14.3 Å². The van der Waals surface area contributed by atoms with Crippen molar-refractivity contribution in [3.8, 4) is 11.3 Å². The third-order valence-corrected chi connectivity index (χ3v) is 5.66. The smallest absolute Gasteiger partial charge is 0.262 e. The normalized spacial score (nSPS) is 11.2. The molecule has 0 aliphatic rings. The van der Waals surface area contributed by atoms with Gasteiger partial charge in [0.25, 0.3) is 10.0 Å². The number of thiophene rings is 1. The summed E-state index contributed by atoms with van der Waals surface area (Å²) in [7, 11) is -3.67. The molecule has 0 aliphatic heterocycles. The van der Waals surface area contributed by atoms with Crippen LogP contribution >= 0.6 is 11.3 Å². The number of furan rings is 1. The molecule has 6 nitrogen and oxygen atoms in total. The number of rotatable bonds is 6. The molecule has 2 N–H and O–H groups in total. The van der Waals surface area contributed by atoms with E-state index in [2.05, 4.69) is 10.0 Å². The Morgan fingerprint density at radius 1 is 1.24 bits per heavy atom. The fraction of sp³-hybridized carbons (Fsp3) is 0.118. The molecule has 0 saturated heterocycles. The third kappa shape index (κ3) is 4.09. The van der Waals surface area contributed by atoms with E-state index in [0.717, 1.165) is 5.56 Å². The first-order valence-corrected chi connectivity index (χ1v) is 9.84. The molecule has 0 bridgehead atoms. The third-order valence-electron chi connectivity index (χ3n) is 3.46. The van der Waals surface area contributed by atoms with Crippen molar-refractivity contribution in [2.75, 3.05) is 4.72 Å². The van der Waals surface area contributed by atoms with Gasteiger partial charge in [0.05, 0.1) is 16.8 Å². The quantitative estimate of drug-likeness (QED) is 0.690. The van der Waals surface area contributed by atoms with Gasteiger partial charge in [0.15, 0.2) is 0 Å². The van der Waals surface area contributed by atoms with Gasteiger partial charge >= 0.3 is 0 Å². The minimum absolute atomic E-state index is 0.137. The van der Waals surface area contributed by atoms with E-state index < -0.39 is 10.0 Å². The fourth-order valence-corrected chi connectivity index (χ4v) is 4.37. The second kappa shape index (κ2) is 7.12. The van der Waals surface area contributed by atoms with Crippen LogP contribution in [0.1, 0.15) is 12.5 Å². The van der Waals surface area contributed by atoms with Crippen molar-refractivity contribution in [2.24, 2.45) is 0 Å². The van der Waals surface area contributed by atoms with Crippen LogP contribution in [0.3, 0.4) is 0 Å². The zero-order chi connectivity index (χ0) is 17.9. The summed E-state index contributed by atoms with van der Waals surface area (Å²) < 4.78 is 33.0. The summed E-state index contributed by atoms with van der Waals surface area (Å²) in [5, 5.41) is 5.99. The molecule has 0 unspecified atom stereocenters. The van der Waals surface area contributed by atoms with E-state index in [1.807, 2.05) is 0 Å². The molecule has 0 spiro atoms. The molecule has 2 aromatic heterocycles. The monoisotopic (exact) mass is 376 g/mol. The Morgan fingerprint density at radius 3 is 2.72 bits per heavy atom. The summed E-state index contributed by atoms with van der Waals surface area (Å²) in [6, 6.07) is 10.2. The van der Waals surface area contributed by atoms with Gasteiger partial charge in [-0.2, -0.15) is 11.3 Å². The van der Waals surface area contributed by atoms with Crippen LogP contribution in [0.15, 0.2) is 62.7 Å². The highest BCUT2D eigenvalue weighted by Crippen LogP contribution is 2.31. The second-order valence-electron chi connectivity index (χ2n) is 5.33. The zero-order valence-corrected chi connectivity index (χ0v) is 15.0. The van der Waals surface area contributed by atoms with Crippen molar-refractivity contribution in [3.05, 3.63) is 59.0 Å². The molecule has 130 valence electrons. The molecule has 0 fully saturated rings. The van der Waals surface area contributed by atoms with Crippen LogP contribution in [0.5, 0.6) is 0 Å². The van der Waals surface area contributed by atoms with Gasteiger partial charge in [0.1, 0.15) is 5.76 Å². The number of nitrogens with one attached hydrogen (secondary N) is 2. The summed E-state index contributed by atoms with van der Waals surface area (Å²) in [6.07, 6.45) is 1.52. The fourth-order valence-electron chi connectivity index (χ4n) is 2.26. The van der Waals surface area contributed by atoms with Gasteiger partial charge in [-0.25, -0.2) is 8.42 Å². The van der Waals surface area contributed by atoms with Crippen molar-refractivity contribution < 1.29 is 17.6 Å². The van der Waals surface area contributed by atoms with Crippen LogP contribution in [0.4, 0.5) is 5.69 Å². The highest BCUT2D eigenvalue weighted by Gasteiger charge is 2.18. The second-order valence-corrected chi connectivity index (χ2v) is 7.79. The van der Waals surface area contributed by atoms with Gasteiger partial charge in [-0.3, -0.25) is 9.52 Å². The predicted octanol–water partition coefficient (Wildman–Crippen LogP) is 3.45. The maximum Gasteiger partial charge on any atom is 0.262 e. The van der Waals surface area contributed by atoms with Crippen LogP contribution in [0, 0.1) is 0 Å². The van der Waals surface area contributed by atoms with E-state index in [-0.39, 0.29) is 10.8 Å². The van der Waals surface area contributed by atoms with Crippen molar-refractivity contribution in [3.63, 3.8) is 0 Å². The first kappa shape index (κ1) is 17.2. The lowest BCUT2D eigenvalue weighted by molar-refractivity contribution is -0.119. The van der Waals surface area contributed by atoms with E-state index in [1.165, 1.54) is 24.5 Å². The minimum Gasteiger partial charge on any atom is -0.464 e. The number of carbonyl (C=O) groups is 1. The van der Waals surface area contributed by atoms with Gasteiger partial charge < -0.3 is 9.73 Å². The molecule has 0 atom stereocenters. The van der Waals surface area contributed by atoms with Crippen molar-refractivity contribution >= 4 is 33.0 Å². The highest BCUT2D eigenvalue weighted by atomic mass is 32.2. The molecule has 8 heteroatoms. The Morgan fingerprint density at radius 2 is 2.08 bits per heavy atom. The summed E-state index contributed by atoms with van der Waals surface area (Å²) in [6.45, 7) is 1.79. The Hall–Kier alpha value is -2.58. The Balaban J connectivity index is 1.97. The molecule has 3 rings (SSSR count). The Bertz CT molecular complexity index is 962. The van der Waals surface area contributed by atoms with Crippen LogP contribution in [0.25, 0.3) is 11.3 Å². The molecule has 2 heterocycles. The zero-order valence-electron chi connectivity index (χ0n) is 13.4. The van der Waals surface area contributed by atoms with Gasteiger partial charge in [-0.05, 0) is 41.3 Å². The topological polar surface area (TPSA) is 88.4 Å². The van der Waals surface area contributed by atoms with Gasteiger partial charge in [-0.15, -0.1) is 0 Å². The SMILES string of the molecule is CC(=O)NCc1ccc(NS(=O)(=O)c2ccsc2)c(-c2ccco2)c1. The van der Waals surface area contributed by atoms with Gasteiger partial charge in [0, 0.05) is 24.4 Å². The van der Waals surface area contributed by atoms with E-state index in [9.17, 15) is 13.2 Å². The molecule has 1 amide bonds. The number of benzene rings is 1. The van der Waals surface area contributed by atoms with Crippen LogP contribution < -0.4 is 10.0 Å². The van der Waals surface area contributed by atoms with E-state index in [1.54, 1.807) is 47.2 Å². The molecule has 25 heavy (non-hydrogen) atoms. The maximum absolute atomic E-state index is 12.5. The number of sulfonamides is 1. The van der Waals surface area contributed by atoms with Crippen molar-refractivity contribution in [2.45, 2.75) is 18.4 Å². The Kier molecular flexibility index (Phi) is 4.91. The molecule has 3 aromatic rings.